The topological polar surface area (TPSA) is 38.1 Å². The third-order valence-corrected chi connectivity index (χ3v) is 7.71. The van der Waals surface area contributed by atoms with E-state index in [0.29, 0.717) is 11.6 Å². The molecule has 1 fully saturated rings. The van der Waals surface area contributed by atoms with E-state index in [9.17, 15) is 4.79 Å². The molecule has 5 rings (SSSR count). The molecule has 2 heterocycles. The Morgan fingerprint density at radius 2 is 1.59 bits per heavy atom. The minimum absolute atomic E-state index is 0.0634. The van der Waals surface area contributed by atoms with Crippen molar-refractivity contribution >= 4 is 5.91 Å². The molecule has 37 heavy (non-hydrogen) atoms. The molecule has 4 heteroatoms. The minimum Gasteiger partial charge on any atom is -0.337 e. The van der Waals surface area contributed by atoms with Gasteiger partial charge in [-0.2, -0.15) is 0 Å². The van der Waals surface area contributed by atoms with Crippen LogP contribution in [-0.2, 0) is 11.8 Å². The lowest BCUT2D eigenvalue weighted by Gasteiger charge is -2.32. The van der Waals surface area contributed by atoms with Gasteiger partial charge in [-0.05, 0) is 77.5 Å². The largest absolute Gasteiger partial charge is 0.337 e. The van der Waals surface area contributed by atoms with Gasteiger partial charge in [0.15, 0.2) is 0 Å². The molecule has 0 bridgehead atoms. The van der Waals surface area contributed by atoms with Crippen LogP contribution >= 0.6 is 0 Å². The Labute approximate surface area is 221 Å². The summed E-state index contributed by atoms with van der Waals surface area (Å²) in [7, 11) is 0. The number of hydrogen-bond donors (Lipinski definition) is 0. The summed E-state index contributed by atoms with van der Waals surface area (Å²) in [6.07, 6.45) is 6.58. The number of likely N-dealkylation sites (tertiary alicyclic amines) is 1. The maximum absolute atomic E-state index is 13.4. The quantitative estimate of drug-likeness (QED) is 0.295. The standard InChI is InChI=1S/C33H37N3O/c1-24-7-5-6-8-30(24)27-11-15-29(16-12-27)36-23-34-22-31(36)32(37)35-19-17-26(18-20-35)21-25-9-13-28(14-10-25)33(2,3)4/h5-16,22-23,26H,17-21H2,1-4H3. The van der Waals surface area contributed by atoms with E-state index in [0.717, 1.165) is 38.0 Å². The fourth-order valence-corrected chi connectivity index (χ4v) is 5.33. The molecule has 1 saturated heterocycles. The average Bonchev–Trinajstić information content (AvgIpc) is 3.39. The number of piperidine rings is 1. The number of aryl methyl sites for hydroxylation is 1. The lowest BCUT2D eigenvalue weighted by Crippen LogP contribution is -2.39. The highest BCUT2D eigenvalue weighted by atomic mass is 16.2. The predicted molar refractivity (Wildman–Crippen MR) is 151 cm³/mol. The molecular weight excluding hydrogens is 454 g/mol. The fourth-order valence-electron chi connectivity index (χ4n) is 5.33. The molecular formula is C33H37N3O. The van der Waals surface area contributed by atoms with Crippen LogP contribution < -0.4 is 0 Å². The predicted octanol–water partition coefficient (Wildman–Crippen LogP) is 7.24. The van der Waals surface area contributed by atoms with E-state index in [4.69, 9.17) is 0 Å². The van der Waals surface area contributed by atoms with Crippen LogP contribution in [0.4, 0.5) is 0 Å². The van der Waals surface area contributed by atoms with Gasteiger partial charge in [-0.3, -0.25) is 9.36 Å². The van der Waals surface area contributed by atoms with Crippen molar-refractivity contribution in [2.24, 2.45) is 5.92 Å². The number of imidazole rings is 1. The van der Waals surface area contributed by atoms with Crippen LogP contribution in [0.25, 0.3) is 16.8 Å². The lowest BCUT2D eigenvalue weighted by molar-refractivity contribution is 0.0682. The summed E-state index contributed by atoms with van der Waals surface area (Å²) in [6.45, 7) is 10.5. The van der Waals surface area contributed by atoms with Crippen LogP contribution in [0.2, 0.25) is 0 Å². The smallest absolute Gasteiger partial charge is 0.272 e. The summed E-state index contributed by atoms with van der Waals surface area (Å²) in [5.41, 5.74) is 8.17. The van der Waals surface area contributed by atoms with Gasteiger partial charge in [-0.25, -0.2) is 4.98 Å². The van der Waals surface area contributed by atoms with E-state index in [1.807, 2.05) is 9.47 Å². The molecule has 4 aromatic rings. The Morgan fingerprint density at radius 3 is 2.24 bits per heavy atom. The van der Waals surface area contributed by atoms with Crippen molar-refractivity contribution in [1.29, 1.82) is 0 Å². The van der Waals surface area contributed by atoms with Crippen LogP contribution in [0, 0.1) is 12.8 Å². The van der Waals surface area contributed by atoms with Gasteiger partial charge in [-0.15, -0.1) is 0 Å². The molecule has 190 valence electrons. The van der Waals surface area contributed by atoms with Crippen molar-refractivity contribution < 1.29 is 4.79 Å². The fraction of sp³-hybridized carbons (Fsp3) is 0.333. The molecule has 0 aliphatic carbocycles. The summed E-state index contributed by atoms with van der Waals surface area (Å²) >= 11 is 0. The maximum atomic E-state index is 13.4. The first-order chi connectivity index (χ1) is 17.8. The van der Waals surface area contributed by atoms with Crippen LogP contribution in [0.5, 0.6) is 0 Å². The number of nitrogens with zero attached hydrogens (tertiary/aromatic N) is 3. The van der Waals surface area contributed by atoms with Crippen molar-refractivity contribution in [2.75, 3.05) is 13.1 Å². The number of aromatic nitrogens is 2. The first-order valence-electron chi connectivity index (χ1n) is 13.4. The van der Waals surface area contributed by atoms with Crippen LogP contribution in [0.3, 0.4) is 0 Å². The summed E-state index contributed by atoms with van der Waals surface area (Å²) in [4.78, 5) is 19.8. The normalized spacial score (nSPS) is 14.6. The first kappa shape index (κ1) is 25.0. The second-order valence-electron chi connectivity index (χ2n) is 11.4. The van der Waals surface area contributed by atoms with Gasteiger partial charge < -0.3 is 4.90 Å². The molecule has 0 atom stereocenters. The summed E-state index contributed by atoms with van der Waals surface area (Å²) < 4.78 is 1.91. The number of hydrogen-bond acceptors (Lipinski definition) is 2. The number of carbonyl (C=O) groups is 1. The van der Waals surface area contributed by atoms with Crippen molar-refractivity contribution in [3.63, 3.8) is 0 Å². The van der Waals surface area contributed by atoms with Crippen LogP contribution in [0.1, 0.15) is 60.8 Å². The zero-order valence-electron chi connectivity index (χ0n) is 22.4. The SMILES string of the molecule is Cc1ccccc1-c1ccc(-n2cncc2C(=O)N2CCC(Cc3ccc(C(C)(C)C)cc3)CC2)cc1. The van der Waals surface area contributed by atoms with Gasteiger partial charge in [0.25, 0.3) is 5.91 Å². The molecule has 0 spiro atoms. The van der Waals surface area contributed by atoms with Crippen molar-refractivity contribution in [2.45, 2.75) is 52.4 Å². The zero-order chi connectivity index (χ0) is 26.0. The molecule has 0 N–H and O–H groups in total. The number of rotatable bonds is 5. The van der Waals surface area contributed by atoms with Gasteiger partial charge in [0.1, 0.15) is 5.69 Å². The molecule has 0 saturated carbocycles. The summed E-state index contributed by atoms with van der Waals surface area (Å²) in [6, 6.07) is 25.8. The Hall–Kier alpha value is -3.66. The highest BCUT2D eigenvalue weighted by molar-refractivity contribution is 5.93. The van der Waals surface area contributed by atoms with Gasteiger partial charge in [0, 0.05) is 18.8 Å². The zero-order valence-corrected chi connectivity index (χ0v) is 22.4. The van der Waals surface area contributed by atoms with E-state index in [-0.39, 0.29) is 11.3 Å². The van der Waals surface area contributed by atoms with Crippen molar-refractivity contribution in [1.82, 2.24) is 14.5 Å². The average molecular weight is 492 g/mol. The third-order valence-electron chi connectivity index (χ3n) is 7.71. The summed E-state index contributed by atoms with van der Waals surface area (Å²) in [5, 5.41) is 0. The number of benzene rings is 3. The molecule has 4 nitrogen and oxygen atoms in total. The van der Waals surface area contributed by atoms with Crippen molar-refractivity contribution in [3.05, 3.63) is 108 Å². The van der Waals surface area contributed by atoms with E-state index >= 15 is 0 Å². The Morgan fingerprint density at radius 1 is 0.919 bits per heavy atom. The second kappa shape index (κ2) is 10.4. The number of carbonyl (C=O) groups excluding carboxylic acids is 1. The lowest BCUT2D eigenvalue weighted by atomic mass is 9.85. The van der Waals surface area contributed by atoms with Gasteiger partial charge >= 0.3 is 0 Å². The Kier molecular flexibility index (Phi) is 7.01. The molecule has 1 aliphatic heterocycles. The van der Waals surface area contributed by atoms with Crippen LogP contribution in [-0.4, -0.2) is 33.4 Å². The highest BCUT2D eigenvalue weighted by Crippen LogP contribution is 2.27. The molecule has 1 aromatic heterocycles. The highest BCUT2D eigenvalue weighted by Gasteiger charge is 2.26. The van der Waals surface area contributed by atoms with Crippen molar-refractivity contribution in [3.8, 4) is 16.8 Å². The molecule has 3 aromatic carbocycles. The molecule has 0 unspecified atom stereocenters. The molecule has 0 radical (unpaired) electrons. The third kappa shape index (κ3) is 5.53. The maximum Gasteiger partial charge on any atom is 0.272 e. The first-order valence-corrected chi connectivity index (χ1v) is 13.4. The van der Waals surface area contributed by atoms with Gasteiger partial charge in [0.05, 0.1) is 12.5 Å². The van der Waals surface area contributed by atoms with Crippen LogP contribution in [0.15, 0.2) is 85.3 Å². The minimum atomic E-state index is 0.0634. The van der Waals surface area contributed by atoms with E-state index < -0.39 is 0 Å². The Balaban J connectivity index is 1.22. The molecule has 1 aliphatic rings. The van der Waals surface area contributed by atoms with E-state index in [1.54, 1.807) is 12.5 Å². The monoisotopic (exact) mass is 491 g/mol. The van der Waals surface area contributed by atoms with E-state index in [1.165, 1.54) is 27.8 Å². The Bertz CT molecular complexity index is 1350. The summed E-state index contributed by atoms with van der Waals surface area (Å²) in [5.74, 6) is 0.678. The van der Waals surface area contributed by atoms with Gasteiger partial charge in [-0.1, -0.05) is 81.4 Å². The van der Waals surface area contributed by atoms with E-state index in [2.05, 4.69) is 105 Å². The number of amides is 1. The van der Waals surface area contributed by atoms with Gasteiger partial charge in [0.2, 0.25) is 0 Å². The second-order valence-corrected chi connectivity index (χ2v) is 11.4. The molecule has 1 amide bonds.